The Hall–Kier alpha value is -3.67. The summed E-state index contributed by atoms with van der Waals surface area (Å²) in [7, 11) is 2.45. The van der Waals surface area contributed by atoms with Gasteiger partial charge in [-0.2, -0.15) is 0 Å². The van der Waals surface area contributed by atoms with Crippen molar-refractivity contribution in [1.82, 2.24) is 9.80 Å². The van der Waals surface area contributed by atoms with Gasteiger partial charge in [0.05, 0.1) is 4.92 Å². The molecule has 9 heteroatoms. The highest BCUT2D eigenvalue weighted by atomic mass is 16.6. The summed E-state index contributed by atoms with van der Waals surface area (Å²) in [5, 5.41) is 11.0. The number of imide groups is 2. The van der Waals surface area contributed by atoms with E-state index in [0.717, 1.165) is 21.9 Å². The summed E-state index contributed by atoms with van der Waals surface area (Å²) < 4.78 is 5.29. The minimum absolute atomic E-state index is 0.103. The number of carbonyl (C=O) groups excluding carboxylic acids is 3. The van der Waals surface area contributed by atoms with E-state index in [1.807, 2.05) is 0 Å². The number of nitro groups is 1. The molecule has 0 aromatic heterocycles. The summed E-state index contributed by atoms with van der Waals surface area (Å²) >= 11 is 0. The van der Waals surface area contributed by atoms with Crippen molar-refractivity contribution in [3.63, 3.8) is 0 Å². The van der Waals surface area contributed by atoms with Gasteiger partial charge in [-0.1, -0.05) is 5.92 Å². The van der Waals surface area contributed by atoms with Crippen LogP contribution in [0.1, 0.15) is 5.56 Å². The van der Waals surface area contributed by atoms with Crippen molar-refractivity contribution in [1.29, 1.82) is 0 Å². The number of hydrogen-bond acceptors (Lipinski definition) is 6. The quantitative estimate of drug-likeness (QED) is 0.266. The molecule has 0 atom stereocenters. The van der Waals surface area contributed by atoms with Crippen LogP contribution in [0.25, 0.3) is 6.08 Å². The predicted octanol–water partition coefficient (Wildman–Crippen LogP) is 1.04. The Kier molecular flexibility index (Phi) is 4.84. The number of non-ortho nitro benzene ring substituents is 1. The summed E-state index contributed by atoms with van der Waals surface area (Å²) in [5.41, 5.74) is -0.457. The molecule has 0 saturated carbocycles. The van der Waals surface area contributed by atoms with Crippen LogP contribution in [0.15, 0.2) is 23.8 Å². The Morgan fingerprint density at radius 2 is 1.84 bits per heavy atom. The van der Waals surface area contributed by atoms with Gasteiger partial charge in [-0.15, -0.1) is 6.42 Å². The molecule has 1 heterocycles. The third-order valence-electron chi connectivity index (χ3n) is 3.46. The molecule has 128 valence electrons. The molecular weight excluding hydrogens is 330 g/mol. The first kappa shape index (κ1) is 17.7. The van der Waals surface area contributed by atoms with Crippen LogP contribution < -0.4 is 4.74 Å². The number of ether oxygens (including phenoxy) is 1. The van der Waals surface area contributed by atoms with Gasteiger partial charge in [-0.25, -0.2) is 4.79 Å². The zero-order valence-corrected chi connectivity index (χ0v) is 13.4. The summed E-state index contributed by atoms with van der Waals surface area (Å²) in [4.78, 5) is 48.1. The van der Waals surface area contributed by atoms with Crippen LogP contribution in [0.2, 0.25) is 0 Å². The highest BCUT2D eigenvalue weighted by molar-refractivity contribution is 6.30. The zero-order chi connectivity index (χ0) is 18.7. The average Bonchev–Trinajstić information content (AvgIpc) is 2.60. The normalized spacial score (nSPS) is 14.4. The van der Waals surface area contributed by atoms with Crippen molar-refractivity contribution < 1.29 is 24.0 Å². The molecule has 0 aliphatic carbocycles. The van der Waals surface area contributed by atoms with Gasteiger partial charge in [0.2, 0.25) is 0 Å². The summed E-state index contributed by atoms with van der Waals surface area (Å²) in [6.07, 6.45) is 6.27. The number of urea groups is 1. The third kappa shape index (κ3) is 3.32. The lowest BCUT2D eigenvalue weighted by Crippen LogP contribution is -2.52. The van der Waals surface area contributed by atoms with Crippen molar-refractivity contribution in [3.8, 4) is 18.1 Å². The van der Waals surface area contributed by atoms with Crippen LogP contribution >= 0.6 is 0 Å². The summed E-state index contributed by atoms with van der Waals surface area (Å²) in [6, 6.07) is 2.91. The first-order valence-electron chi connectivity index (χ1n) is 6.94. The number of benzene rings is 1. The summed E-state index contributed by atoms with van der Waals surface area (Å²) in [6.45, 7) is -0.103. The average molecular weight is 343 g/mol. The Labute approximate surface area is 142 Å². The molecule has 0 bridgehead atoms. The fraction of sp³-hybridized carbons (Fsp3) is 0.188. The third-order valence-corrected chi connectivity index (χ3v) is 3.46. The van der Waals surface area contributed by atoms with Gasteiger partial charge in [-0.05, 0) is 12.1 Å². The van der Waals surface area contributed by atoms with Gasteiger partial charge in [0.25, 0.3) is 17.5 Å². The lowest BCUT2D eigenvalue weighted by Gasteiger charge is -2.28. The lowest BCUT2D eigenvalue weighted by atomic mass is 10.1. The molecule has 1 aliphatic rings. The second-order valence-corrected chi connectivity index (χ2v) is 5.04. The molecule has 9 nitrogen and oxygen atoms in total. The second kappa shape index (κ2) is 6.84. The fourth-order valence-electron chi connectivity index (χ4n) is 2.14. The Morgan fingerprint density at radius 1 is 1.24 bits per heavy atom. The van der Waals surface area contributed by atoms with Gasteiger partial charge in [-0.3, -0.25) is 29.5 Å². The van der Waals surface area contributed by atoms with Crippen molar-refractivity contribution in [2.45, 2.75) is 0 Å². The Bertz CT molecular complexity index is 826. The molecule has 1 aliphatic heterocycles. The zero-order valence-electron chi connectivity index (χ0n) is 13.4. The van der Waals surface area contributed by atoms with E-state index in [0.29, 0.717) is 0 Å². The number of rotatable bonds is 4. The fourth-order valence-corrected chi connectivity index (χ4v) is 2.14. The van der Waals surface area contributed by atoms with E-state index in [1.165, 1.54) is 26.2 Å². The first-order chi connectivity index (χ1) is 11.8. The van der Waals surface area contributed by atoms with Gasteiger partial charge in [0.15, 0.2) is 0 Å². The number of likely N-dealkylation sites (N-methyl/N-ethyl adjacent to an activating group) is 2. The van der Waals surface area contributed by atoms with Crippen LogP contribution in [0, 0.1) is 22.5 Å². The largest absolute Gasteiger partial charge is 0.480 e. The molecule has 2 rings (SSSR count). The molecule has 0 radical (unpaired) electrons. The molecule has 1 aromatic carbocycles. The number of nitro benzene ring substituents is 1. The standard InChI is InChI=1S/C16H13N3O6/c1-4-7-25-13-6-5-11(19(23)24)8-10(13)9-12-14(20)17(2)16(22)18(3)15(12)21/h1,5-6,8-9H,7H2,2-3H3. The Balaban J connectivity index is 2.57. The number of barbiturate groups is 1. The van der Waals surface area contributed by atoms with Crippen LogP contribution in [0.3, 0.4) is 0 Å². The monoisotopic (exact) mass is 343 g/mol. The van der Waals surface area contributed by atoms with E-state index in [4.69, 9.17) is 11.2 Å². The molecule has 1 fully saturated rings. The van der Waals surface area contributed by atoms with Crippen molar-refractivity contribution in [3.05, 3.63) is 39.4 Å². The maximum atomic E-state index is 12.2. The van der Waals surface area contributed by atoms with E-state index >= 15 is 0 Å². The minimum atomic E-state index is -0.817. The van der Waals surface area contributed by atoms with Crippen LogP contribution in [0.5, 0.6) is 5.75 Å². The van der Waals surface area contributed by atoms with Gasteiger partial charge >= 0.3 is 6.03 Å². The number of terminal acetylenes is 1. The first-order valence-corrected chi connectivity index (χ1v) is 6.94. The van der Waals surface area contributed by atoms with Gasteiger partial charge < -0.3 is 4.74 Å². The smallest absolute Gasteiger partial charge is 0.333 e. The molecule has 4 amide bonds. The molecule has 25 heavy (non-hydrogen) atoms. The number of nitrogens with zero attached hydrogens (tertiary/aromatic N) is 3. The van der Waals surface area contributed by atoms with Crippen LogP contribution in [0.4, 0.5) is 10.5 Å². The molecule has 0 spiro atoms. The van der Waals surface area contributed by atoms with Gasteiger partial charge in [0, 0.05) is 31.8 Å². The minimum Gasteiger partial charge on any atom is -0.480 e. The molecule has 1 saturated heterocycles. The summed E-state index contributed by atoms with van der Waals surface area (Å²) in [5.74, 6) is 0.781. The van der Waals surface area contributed by atoms with E-state index < -0.39 is 22.8 Å². The highest BCUT2D eigenvalue weighted by Gasteiger charge is 2.38. The van der Waals surface area contributed by atoms with Crippen molar-refractivity contribution >= 4 is 29.6 Å². The molecule has 0 N–H and O–H groups in total. The van der Waals surface area contributed by atoms with E-state index in [9.17, 15) is 24.5 Å². The number of hydrogen-bond donors (Lipinski definition) is 0. The maximum Gasteiger partial charge on any atom is 0.333 e. The van der Waals surface area contributed by atoms with Crippen LogP contribution in [-0.2, 0) is 9.59 Å². The second-order valence-electron chi connectivity index (χ2n) is 5.04. The van der Waals surface area contributed by atoms with Crippen LogP contribution in [-0.4, -0.2) is 53.3 Å². The lowest BCUT2D eigenvalue weighted by molar-refractivity contribution is -0.384. The number of carbonyl (C=O) groups is 3. The van der Waals surface area contributed by atoms with E-state index in [2.05, 4.69) is 5.92 Å². The van der Waals surface area contributed by atoms with E-state index in [-0.39, 0.29) is 29.2 Å². The highest BCUT2D eigenvalue weighted by Crippen LogP contribution is 2.28. The molecule has 0 unspecified atom stereocenters. The van der Waals surface area contributed by atoms with Crippen molar-refractivity contribution in [2.75, 3.05) is 20.7 Å². The molecule has 1 aromatic rings. The predicted molar refractivity (Wildman–Crippen MR) is 86.3 cm³/mol. The van der Waals surface area contributed by atoms with Gasteiger partial charge in [0.1, 0.15) is 17.9 Å². The maximum absolute atomic E-state index is 12.2. The van der Waals surface area contributed by atoms with Crippen molar-refractivity contribution in [2.24, 2.45) is 0 Å². The van der Waals surface area contributed by atoms with E-state index in [1.54, 1.807) is 0 Å². The Morgan fingerprint density at radius 3 is 2.36 bits per heavy atom. The SMILES string of the molecule is C#CCOc1ccc([N+](=O)[O-])cc1C=C1C(=O)N(C)C(=O)N(C)C1=O. The number of amides is 4. The topological polar surface area (TPSA) is 110 Å². The molecular formula is C16H13N3O6.